The normalized spacial score (nSPS) is 11.9. The van der Waals surface area contributed by atoms with Gasteiger partial charge in [-0.2, -0.15) is 10.4 Å². The fourth-order valence-corrected chi connectivity index (χ4v) is 2.72. The van der Waals surface area contributed by atoms with E-state index in [1.807, 2.05) is 30.3 Å². The van der Waals surface area contributed by atoms with E-state index in [1.54, 1.807) is 18.2 Å². The number of hydrogen-bond acceptors (Lipinski definition) is 8. The minimum absolute atomic E-state index is 0.312. The van der Waals surface area contributed by atoms with Crippen LogP contribution in [-0.4, -0.2) is 53.2 Å². The van der Waals surface area contributed by atoms with Crippen molar-refractivity contribution in [3.63, 3.8) is 0 Å². The minimum atomic E-state index is -0.704. The largest absolute Gasteiger partial charge is 0.325 e. The van der Waals surface area contributed by atoms with Gasteiger partial charge in [-0.05, 0) is 40.6 Å². The van der Waals surface area contributed by atoms with Crippen LogP contribution in [0, 0.1) is 0 Å². The fraction of sp³-hybridized carbons (Fsp3) is 0.118. The third-order valence-corrected chi connectivity index (χ3v) is 4.04. The number of aromatic nitrogens is 8. The van der Waals surface area contributed by atoms with Crippen molar-refractivity contribution >= 4 is 11.6 Å². The molecule has 5 N–H and O–H groups in total. The van der Waals surface area contributed by atoms with Crippen molar-refractivity contribution in [2.24, 2.45) is 5.73 Å². The van der Waals surface area contributed by atoms with Crippen LogP contribution in [0.4, 0.5) is 5.69 Å². The Balaban J connectivity index is 1.59. The number of nitrogens with one attached hydrogen (secondary N) is 3. The number of benzene rings is 2. The van der Waals surface area contributed by atoms with Crippen LogP contribution in [-0.2, 0) is 11.2 Å². The van der Waals surface area contributed by atoms with Crippen LogP contribution in [0.25, 0.3) is 22.8 Å². The molecule has 0 aliphatic carbocycles. The highest BCUT2D eigenvalue weighted by Crippen LogP contribution is 2.26. The minimum Gasteiger partial charge on any atom is -0.325 e. The Morgan fingerprint density at radius 3 is 2.11 bits per heavy atom. The molecule has 2 heterocycles. The molecule has 140 valence electrons. The van der Waals surface area contributed by atoms with Gasteiger partial charge in [-0.15, -0.1) is 20.4 Å². The van der Waals surface area contributed by atoms with Crippen LogP contribution >= 0.6 is 0 Å². The summed E-state index contributed by atoms with van der Waals surface area (Å²) in [5.74, 6) is 0.428. The van der Waals surface area contributed by atoms with Crippen LogP contribution in [0.1, 0.15) is 5.56 Å². The molecular weight excluding hydrogens is 360 g/mol. The summed E-state index contributed by atoms with van der Waals surface area (Å²) >= 11 is 0. The van der Waals surface area contributed by atoms with E-state index < -0.39 is 6.04 Å². The van der Waals surface area contributed by atoms with Crippen LogP contribution in [0.2, 0.25) is 0 Å². The summed E-state index contributed by atoms with van der Waals surface area (Å²) in [6, 6.07) is 14.1. The zero-order valence-corrected chi connectivity index (χ0v) is 14.6. The maximum absolute atomic E-state index is 12.6. The second-order valence-electron chi connectivity index (χ2n) is 6.06. The van der Waals surface area contributed by atoms with Gasteiger partial charge in [0.05, 0.1) is 6.04 Å². The first-order chi connectivity index (χ1) is 13.7. The molecule has 4 rings (SSSR count). The predicted molar refractivity (Wildman–Crippen MR) is 99.5 cm³/mol. The first-order valence-electron chi connectivity index (χ1n) is 8.42. The van der Waals surface area contributed by atoms with Gasteiger partial charge < -0.3 is 11.1 Å². The van der Waals surface area contributed by atoms with Crippen molar-refractivity contribution in [2.75, 3.05) is 5.32 Å². The molecule has 0 aliphatic rings. The molecule has 11 nitrogen and oxygen atoms in total. The van der Waals surface area contributed by atoms with Gasteiger partial charge in [-0.25, -0.2) is 0 Å². The number of aromatic amines is 2. The van der Waals surface area contributed by atoms with Gasteiger partial charge in [0, 0.05) is 16.8 Å². The van der Waals surface area contributed by atoms with Gasteiger partial charge in [-0.1, -0.05) is 30.3 Å². The maximum atomic E-state index is 12.6. The van der Waals surface area contributed by atoms with Gasteiger partial charge >= 0.3 is 0 Å². The molecule has 4 aromatic rings. The van der Waals surface area contributed by atoms with Crippen molar-refractivity contribution in [3.8, 4) is 22.8 Å². The lowest BCUT2D eigenvalue weighted by atomic mass is 10.1. The van der Waals surface area contributed by atoms with Crippen molar-refractivity contribution in [2.45, 2.75) is 12.5 Å². The van der Waals surface area contributed by atoms with Crippen molar-refractivity contribution in [1.82, 2.24) is 41.2 Å². The van der Waals surface area contributed by atoms with Gasteiger partial charge in [0.1, 0.15) is 0 Å². The molecule has 1 atom stereocenters. The zero-order valence-electron chi connectivity index (χ0n) is 14.6. The highest BCUT2D eigenvalue weighted by molar-refractivity contribution is 5.96. The van der Waals surface area contributed by atoms with E-state index >= 15 is 0 Å². The topological polar surface area (TPSA) is 164 Å². The number of anilines is 1. The molecule has 1 amide bonds. The number of rotatable bonds is 6. The molecule has 2 aromatic heterocycles. The van der Waals surface area contributed by atoms with E-state index in [2.05, 4.69) is 46.6 Å². The van der Waals surface area contributed by atoms with Crippen molar-refractivity contribution in [1.29, 1.82) is 0 Å². The lowest BCUT2D eigenvalue weighted by molar-refractivity contribution is -0.117. The molecule has 0 radical (unpaired) electrons. The molecule has 28 heavy (non-hydrogen) atoms. The number of carbonyl (C=O) groups excluding carboxylic acids is 1. The standard InChI is InChI=1S/C17H16N10O/c18-14(6-10-4-2-1-3-5-10)17(28)19-13-8-11(15-20-24-25-21-15)7-12(9-13)16-22-26-27-23-16/h1-5,7-9,14H,6,18H2,(H,19,28)(H,20,21,24,25)(H,22,23,26,27)/t14-/m0/s1. The van der Waals surface area contributed by atoms with Crippen LogP contribution in [0.5, 0.6) is 0 Å². The Labute approximate surface area is 158 Å². The quantitative estimate of drug-likeness (QED) is 0.379. The average molecular weight is 376 g/mol. The van der Waals surface area contributed by atoms with E-state index in [1.165, 1.54) is 0 Å². The highest BCUT2D eigenvalue weighted by atomic mass is 16.2. The van der Waals surface area contributed by atoms with Crippen molar-refractivity contribution in [3.05, 3.63) is 54.1 Å². The first-order valence-corrected chi connectivity index (χ1v) is 8.42. The van der Waals surface area contributed by atoms with Gasteiger partial charge in [0.2, 0.25) is 17.6 Å². The summed E-state index contributed by atoms with van der Waals surface area (Å²) in [4.78, 5) is 12.6. The van der Waals surface area contributed by atoms with Crippen LogP contribution in [0.15, 0.2) is 48.5 Å². The second kappa shape index (κ2) is 7.72. The zero-order chi connectivity index (χ0) is 19.3. The number of H-pyrrole nitrogens is 2. The number of carbonyl (C=O) groups is 1. The fourth-order valence-electron chi connectivity index (χ4n) is 2.72. The maximum Gasteiger partial charge on any atom is 0.241 e. The second-order valence-corrected chi connectivity index (χ2v) is 6.06. The Morgan fingerprint density at radius 1 is 0.964 bits per heavy atom. The number of hydrogen-bond donors (Lipinski definition) is 4. The molecule has 0 fully saturated rings. The SMILES string of the molecule is N[C@@H](Cc1ccccc1)C(=O)Nc1cc(-c2nn[nH]n2)cc(-c2nn[nH]n2)c1. The van der Waals surface area contributed by atoms with Gasteiger partial charge in [-0.3, -0.25) is 4.79 Å². The van der Waals surface area contributed by atoms with E-state index in [0.717, 1.165) is 5.56 Å². The smallest absolute Gasteiger partial charge is 0.241 e. The van der Waals surface area contributed by atoms with E-state index in [-0.39, 0.29) is 5.91 Å². The molecule has 0 unspecified atom stereocenters. The molecular formula is C17H16N10O. The number of tetrazole rings is 2. The molecule has 0 saturated carbocycles. The Kier molecular flexibility index (Phi) is 4.80. The Bertz CT molecular complexity index is 995. The Hall–Kier alpha value is -3.99. The highest BCUT2D eigenvalue weighted by Gasteiger charge is 2.17. The predicted octanol–water partition coefficient (Wildman–Crippen LogP) is 0.555. The lowest BCUT2D eigenvalue weighted by Crippen LogP contribution is -2.37. The van der Waals surface area contributed by atoms with Gasteiger partial charge in [0.25, 0.3) is 0 Å². The van der Waals surface area contributed by atoms with E-state index in [0.29, 0.717) is 34.9 Å². The lowest BCUT2D eigenvalue weighted by Gasteiger charge is -2.13. The summed E-state index contributed by atoms with van der Waals surface area (Å²) < 4.78 is 0. The third kappa shape index (κ3) is 3.88. The summed E-state index contributed by atoms with van der Waals surface area (Å²) in [6.07, 6.45) is 0.426. The molecule has 0 aliphatic heterocycles. The third-order valence-electron chi connectivity index (χ3n) is 4.04. The monoisotopic (exact) mass is 376 g/mol. The average Bonchev–Trinajstić information content (AvgIpc) is 3.42. The summed E-state index contributed by atoms with van der Waals surface area (Å²) in [5.41, 5.74) is 8.82. The molecule has 0 saturated heterocycles. The summed E-state index contributed by atoms with van der Waals surface area (Å²) in [5, 5.41) is 30.6. The molecule has 0 bridgehead atoms. The summed E-state index contributed by atoms with van der Waals surface area (Å²) in [6.45, 7) is 0. The van der Waals surface area contributed by atoms with Crippen LogP contribution < -0.4 is 11.1 Å². The van der Waals surface area contributed by atoms with Gasteiger partial charge in [0.15, 0.2) is 0 Å². The first kappa shape index (κ1) is 17.4. The molecule has 11 heteroatoms. The number of nitrogens with zero attached hydrogens (tertiary/aromatic N) is 6. The molecule has 0 spiro atoms. The van der Waals surface area contributed by atoms with Crippen LogP contribution in [0.3, 0.4) is 0 Å². The number of nitrogens with two attached hydrogens (primary N) is 1. The van der Waals surface area contributed by atoms with Crippen molar-refractivity contribution < 1.29 is 4.79 Å². The summed E-state index contributed by atoms with van der Waals surface area (Å²) in [7, 11) is 0. The number of amides is 1. The Morgan fingerprint density at radius 2 is 1.57 bits per heavy atom. The van der Waals surface area contributed by atoms with E-state index in [4.69, 9.17) is 5.73 Å². The van der Waals surface area contributed by atoms with E-state index in [9.17, 15) is 4.79 Å². The molecule has 2 aromatic carbocycles.